The molecule has 1 N–H and O–H groups in total. The minimum absolute atomic E-state index is 0.0192. The third-order valence-corrected chi connectivity index (χ3v) is 5.90. The lowest BCUT2D eigenvalue weighted by atomic mass is 10.0. The van der Waals surface area contributed by atoms with Crippen molar-refractivity contribution in [3.63, 3.8) is 0 Å². The molecule has 5 nitrogen and oxygen atoms in total. The number of fused-ring (bicyclic) bond motifs is 1. The zero-order chi connectivity index (χ0) is 20.5. The first-order valence-electron chi connectivity index (χ1n) is 10.3. The third kappa shape index (κ3) is 3.58. The molecule has 0 amide bonds. The maximum Gasteiger partial charge on any atom is 0.153 e. The van der Waals surface area contributed by atoms with E-state index in [9.17, 15) is 5.11 Å². The van der Waals surface area contributed by atoms with E-state index in [0.29, 0.717) is 0 Å². The average Bonchev–Trinajstić information content (AvgIpc) is 3.23. The molecular weight excluding hydrogens is 374 g/mol. The van der Waals surface area contributed by atoms with E-state index in [1.807, 2.05) is 36.5 Å². The molecule has 0 atom stereocenters. The van der Waals surface area contributed by atoms with Crippen molar-refractivity contribution in [2.24, 2.45) is 0 Å². The van der Waals surface area contributed by atoms with E-state index in [-0.39, 0.29) is 6.61 Å². The first-order valence-corrected chi connectivity index (χ1v) is 10.3. The molecule has 0 unspecified atom stereocenters. The summed E-state index contributed by atoms with van der Waals surface area (Å²) in [5.74, 6) is 0. The van der Waals surface area contributed by atoms with E-state index in [0.717, 1.165) is 65.1 Å². The minimum atomic E-state index is 0.0192. The smallest absolute Gasteiger partial charge is 0.153 e. The zero-order valence-electron chi connectivity index (χ0n) is 17.1. The van der Waals surface area contributed by atoms with Crippen LogP contribution in [0.3, 0.4) is 0 Å². The van der Waals surface area contributed by atoms with Crippen LogP contribution in [0.25, 0.3) is 33.4 Å². The Kier molecular flexibility index (Phi) is 4.99. The normalized spacial score (nSPS) is 15.1. The average molecular weight is 399 g/mol. The summed E-state index contributed by atoms with van der Waals surface area (Å²) in [6, 6.07) is 18.6. The highest BCUT2D eigenvalue weighted by Crippen LogP contribution is 2.32. The molecule has 1 saturated heterocycles. The number of anilines is 1. The number of aliphatic hydroxyl groups is 1. The highest BCUT2D eigenvalue weighted by Gasteiger charge is 2.15. The molecule has 1 aliphatic rings. The van der Waals surface area contributed by atoms with Gasteiger partial charge in [-0.3, -0.25) is 4.98 Å². The summed E-state index contributed by atoms with van der Waals surface area (Å²) in [6.07, 6.45) is 3.65. The molecule has 0 aliphatic carbocycles. The topological polar surface area (TPSA) is 52.7 Å². The molecule has 5 rings (SSSR count). The summed E-state index contributed by atoms with van der Waals surface area (Å²) in [5.41, 5.74) is 7.85. The molecule has 0 radical (unpaired) electrons. The van der Waals surface area contributed by atoms with Crippen LogP contribution in [-0.2, 0) is 6.61 Å². The predicted octanol–water partition coefficient (Wildman–Crippen LogP) is 4.41. The summed E-state index contributed by atoms with van der Waals surface area (Å²) in [6.45, 7) is 4.35. The lowest BCUT2D eigenvalue weighted by Gasteiger charge is -2.34. The number of piperazine rings is 1. The Bertz CT molecular complexity index is 1160. The van der Waals surface area contributed by atoms with E-state index in [1.54, 1.807) is 6.26 Å². The summed E-state index contributed by atoms with van der Waals surface area (Å²) >= 11 is 0. The monoisotopic (exact) mass is 399 g/mol. The Labute approximate surface area is 176 Å². The van der Waals surface area contributed by atoms with Gasteiger partial charge < -0.3 is 19.3 Å². The summed E-state index contributed by atoms with van der Waals surface area (Å²) < 4.78 is 5.83. The maximum absolute atomic E-state index is 9.41. The van der Waals surface area contributed by atoms with Gasteiger partial charge in [-0.25, -0.2) is 0 Å². The van der Waals surface area contributed by atoms with Gasteiger partial charge in [0.1, 0.15) is 11.8 Å². The second kappa shape index (κ2) is 7.94. The van der Waals surface area contributed by atoms with Gasteiger partial charge in [-0.1, -0.05) is 30.3 Å². The number of aromatic nitrogens is 1. The standard InChI is InChI=1S/C25H25N3O2/c1-27-9-11-28(12-10-27)22-7-5-19(6-8-22)21-14-24-25(26-15-21)23(17-30-24)20-4-2-3-18(13-20)16-29/h2-8,13-15,17,29H,9-12,16H2,1H3. The quantitative estimate of drug-likeness (QED) is 0.551. The van der Waals surface area contributed by atoms with Crippen molar-refractivity contribution in [3.8, 4) is 22.3 Å². The fourth-order valence-corrected chi connectivity index (χ4v) is 4.04. The molecule has 0 saturated carbocycles. The van der Waals surface area contributed by atoms with Crippen molar-refractivity contribution in [2.45, 2.75) is 6.61 Å². The fraction of sp³-hybridized carbons (Fsp3) is 0.240. The molecule has 1 fully saturated rings. The van der Waals surface area contributed by atoms with Gasteiger partial charge in [0.15, 0.2) is 5.58 Å². The summed E-state index contributed by atoms with van der Waals surface area (Å²) in [7, 11) is 2.17. The van der Waals surface area contributed by atoms with Crippen LogP contribution in [0.2, 0.25) is 0 Å². The Morgan fingerprint density at radius 3 is 2.50 bits per heavy atom. The molecule has 4 aromatic rings. The Morgan fingerprint density at radius 2 is 1.73 bits per heavy atom. The number of aliphatic hydroxyl groups excluding tert-OH is 1. The first-order chi connectivity index (χ1) is 14.7. The van der Waals surface area contributed by atoms with Crippen LogP contribution in [0.1, 0.15) is 5.56 Å². The maximum atomic E-state index is 9.41. The van der Waals surface area contributed by atoms with E-state index in [4.69, 9.17) is 9.40 Å². The first kappa shape index (κ1) is 18.9. The van der Waals surface area contributed by atoms with Crippen molar-refractivity contribution in [1.29, 1.82) is 0 Å². The SMILES string of the molecule is CN1CCN(c2ccc(-c3cnc4c(-c5cccc(CO)c5)coc4c3)cc2)CC1. The Hall–Kier alpha value is -3.15. The highest BCUT2D eigenvalue weighted by molar-refractivity contribution is 5.92. The Balaban J connectivity index is 1.41. The third-order valence-electron chi connectivity index (χ3n) is 5.90. The number of likely N-dealkylation sites (N-methyl/N-ethyl adjacent to an activating group) is 1. The molecule has 2 aromatic carbocycles. The van der Waals surface area contributed by atoms with Crippen LogP contribution >= 0.6 is 0 Å². The van der Waals surface area contributed by atoms with E-state index in [1.165, 1.54) is 5.69 Å². The second-order valence-corrected chi connectivity index (χ2v) is 7.92. The Morgan fingerprint density at radius 1 is 0.933 bits per heavy atom. The van der Waals surface area contributed by atoms with E-state index < -0.39 is 0 Å². The van der Waals surface area contributed by atoms with E-state index >= 15 is 0 Å². The summed E-state index contributed by atoms with van der Waals surface area (Å²) in [5, 5.41) is 9.41. The van der Waals surface area contributed by atoms with Gasteiger partial charge in [-0.2, -0.15) is 0 Å². The van der Waals surface area contributed by atoms with Crippen molar-refractivity contribution >= 4 is 16.8 Å². The highest BCUT2D eigenvalue weighted by atomic mass is 16.3. The molecule has 3 heterocycles. The van der Waals surface area contributed by atoms with Gasteiger partial charge in [0.05, 0.1) is 6.61 Å². The molecule has 0 bridgehead atoms. The van der Waals surface area contributed by atoms with Crippen LogP contribution in [0.4, 0.5) is 5.69 Å². The van der Waals surface area contributed by atoms with Crippen molar-refractivity contribution in [1.82, 2.24) is 9.88 Å². The van der Waals surface area contributed by atoms with Gasteiger partial charge in [0.2, 0.25) is 0 Å². The number of rotatable bonds is 4. The van der Waals surface area contributed by atoms with Crippen LogP contribution in [0.15, 0.2) is 71.5 Å². The van der Waals surface area contributed by atoms with Gasteiger partial charge in [-0.15, -0.1) is 0 Å². The van der Waals surface area contributed by atoms with Crippen LogP contribution in [0, 0.1) is 0 Å². The van der Waals surface area contributed by atoms with Crippen LogP contribution in [0.5, 0.6) is 0 Å². The van der Waals surface area contributed by atoms with Crippen LogP contribution < -0.4 is 4.90 Å². The molecule has 1 aliphatic heterocycles. The molecule has 5 heteroatoms. The van der Waals surface area contributed by atoms with Gasteiger partial charge in [0, 0.05) is 49.2 Å². The number of pyridine rings is 1. The summed E-state index contributed by atoms with van der Waals surface area (Å²) in [4.78, 5) is 9.50. The number of hydrogen-bond acceptors (Lipinski definition) is 5. The molecular formula is C25H25N3O2. The van der Waals surface area contributed by atoms with Gasteiger partial charge in [0.25, 0.3) is 0 Å². The number of nitrogens with zero attached hydrogens (tertiary/aromatic N) is 3. The lowest BCUT2D eigenvalue weighted by molar-refractivity contribution is 0.282. The number of hydrogen-bond donors (Lipinski definition) is 1. The van der Waals surface area contributed by atoms with Crippen molar-refractivity contribution in [2.75, 3.05) is 38.1 Å². The minimum Gasteiger partial charge on any atom is -0.462 e. The zero-order valence-corrected chi connectivity index (χ0v) is 17.1. The largest absolute Gasteiger partial charge is 0.462 e. The number of benzene rings is 2. The van der Waals surface area contributed by atoms with Crippen molar-refractivity contribution in [3.05, 3.63) is 72.6 Å². The second-order valence-electron chi connectivity index (χ2n) is 7.92. The fourth-order valence-electron chi connectivity index (χ4n) is 4.04. The molecule has 30 heavy (non-hydrogen) atoms. The molecule has 0 spiro atoms. The van der Waals surface area contributed by atoms with Crippen LogP contribution in [-0.4, -0.2) is 48.2 Å². The number of furan rings is 1. The lowest BCUT2D eigenvalue weighted by Crippen LogP contribution is -2.44. The van der Waals surface area contributed by atoms with Crippen molar-refractivity contribution < 1.29 is 9.52 Å². The van der Waals surface area contributed by atoms with Gasteiger partial charge in [-0.05, 0) is 48.0 Å². The van der Waals surface area contributed by atoms with E-state index in [2.05, 4.69) is 41.1 Å². The molecule has 152 valence electrons. The molecule has 2 aromatic heterocycles. The van der Waals surface area contributed by atoms with Gasteiger partial charge >= 0.3 is 0 Å². The predicted molar refractivity (Wildman–Crippen MR) is 121 cm³/mol.